The fourth-order valence-electron chi connectivity index (χ4n) is 3.61. The Balaban J connectivity index is 1.44. The van der Waals surface area contributed by atoms with Gasteiger partial charge in [0.05, 0.1) is 11.4 Å². The molecule has 0 spiro atoms. The number of aromatic nitrogens is 2. The largest absolute Gasteiger partial charge is 0.367 e. The molecule has 1 amide bonds. The molecule has 0 aliphatic carbocycles. The molecular weight excluding hydrogens is 369 g/mol. The van der Waals surface area contributed by atoms with E-state index >= 15 is 0 Å². The number of hydrogen-bond donors (Lipinski definition) is 0. The second-order valence-electron chi connectivity index (χ2n) is 6.96. The number of hydrogen-bond acceptors (Lipinski definition) is 4. The number of nitriles is 1. The molecule has 0 radical (unpaired) electrons. The molecule has 2 heterocycles. The smallest absolute Gasteiger partial charge is 0.253 e. The third-order valence-electron chi connectivity index (χ3n) is 5.20. The lowest BCUT2D eigenvalue weighted by atomic mass is 10.1. The quantitative estimate of drug-likeness (QED) is 0.690. The molecule has 0 saturated carbocycles. The van der Waals surface area contributed by atoms with E-state index in [4.69, 9.17) is 0 Å². The molecule has 1 fully saturated rings. The third kappa shape index (κ3) is 3.57. The summed E-state index contributed by atoms with van der Waals surface area (Å²) in [4.78, 5) is 16.6. The van der Waals surface area contributed by atoms with E-state index in [0.717, 1.165) is 11.4 Å². The Morgan fingerprint density at radius 3 is 2.41 bits per heavy atom. The molecule has 0 bridgehead atoms. The van der Waals surface area contributed by atoms with Crippen LogP contribution in [0.1, 0.15) is 21.6 Å². The summed E-state index contributed by atoms with van der Waals surface area (Å²) < 4.78 is 15.7. The van der Waals surface area contributed by atoms with E-state index in [-0.39, 0.29) is 11.5 Å². The molecule has 146 valence electrons. The van der Waals surface area contributed by atoms with Crippen LogP contribution in [0.2, 0.25) is 0 Å². The Labute approximate surface area is 168 Å². The minimum absolute atomic E-state index is 0.0341. The summed E-state index contributed by atoms with van der Waals surface area (Å²) in [6, 6.07) is 15.9. The molecule has 29 heavy (non-hydrogen) atoms. The maximum Gasteiger partial charge on any atom is 0.253 e. The van der Waals surface area contributed by atoms with Crippen molar-refractivity contribution in [3.8, 4) is 11.8 Å². The Morgan fingerprint density at radius 1 is 1.07 bits per heavy atom. The Kier molecular flexibility index (Phi) is 5.00. The highest BCUT2D eigenvalue weighted by Crippen LogP contribution is 2.24. The van der Waals surface area contributed by atoms with Crippen LogP contribution in [-0.2, 0) is 0 Å². The van der Waals surface area contributed by atoms with Crippen molar-refractivity contribution in [3.63, 3.8) is 0 Å². The first-order valence-corrected chi connectivity index (χ1v) is 9.42. The summed E-state index contributed by atoms with van der Waals surface area (Å²) in [7, 11) is 0. The Hall–Kier alpha value is -3.66. The number of anilines is 1. The number of aryl methyl sites for hydroxylation is 1. The van der Waals surface area contributed by atoms with Gasteiger partial charge in [-0.2, -0.15) is 10.4 Å². The van der Waals surface area contributed by atoms with Crippen LogP contribution in [0.15, 0.2) is 54.7 Å². The van der Waals surface area contributed by atoms with Crippen LogP contribution >= 0.6 is 0 Å². The summed E-state index contributed by atoms with van der Waals surface area (Å²) in [5.41, 5.74) is 3.18. The molecule has 0 N–H and O–H groups in total. The highest BCUT2D eigenvalue weighted by Gasteiger charge is 2.24. The normalized spacial score (nSPS) is 14.0. The molecule has 1 aliphatic heterocycles. The molecule has 1 aliphatic rings. The van der Waals surface area contributed by atoms with Crippen molar-refractivity contribution in [2.45, 2.75) is 6.92 Å². The zero-order chi connectivity index (χ0) is 20.4. The van der Waals surface area contributed by atoms with Gasteiger partial charge in [-0.1, -0.05) is 6.07 Å². The van der Waals surface area contributed by atoms with Gasteiger partial charge in [0.15, 0.2) is 0 Å². The maximum atomic E-state index is 13.9. The van der Waals surface area contributed by atoms with E-state index in [1.165, 1.54) is 6.07 Å². The van der Waals surface area contributed by atoms with Crippen molar-refractivity contribution in [1.29, 1.82) is 5.26 Å². The number of piperazine rings is 1. The van der Waals surface area contributed by atoms with Gasteiger partial charge in [0.1, 0.15) is 17.4 Å². The van der Waals surface area contributed by atoms with Crippen molar-refractivity contribution < 1.29 is 9.18 Å². The van der Waals surface area contributed by atoms with Crippen molar-refractivity contribution in [1.82, 2.24) is 14.7 Å². The van der Waals surface area contributed by atoms with Crippen molar-refractivity contribution >= 4 is 11.6 Å². The fraction of sp³-hybridized carbons (Fsp3) is 0.227. The fourth-order valence-corrected chi connectivity index (χ4v) is 3.61. The monoisotopic (exact) mass is 389 g/mol. The summed E-state index contributed by atoms with van der Waals surface area (Å²) in [6.07, 6.45) is 1.74. The van der Waals surface area contributed by atoms with Crippen molar-refractivity contribution in [2.24, 2.45) is 0 Å². The van der Waals surface area contributed by atoms with E-state index in [1.54, 1.807) is 23.2 Å². The lowest BCUT2D eigenvalue weighted by Crippen LogP contribution is -2.49. The van der Waals surface area contributed by atoms with Crippen molar-refractivity contribution in [3.05, 3.63) is 77.4 Å². The van der Waals surface area contributed by atoms with Crippen molar-refractivity contribution in [2.75, 3.05) is 31.1 Å². The molecule has 2 aromatic carbocycles. The van der Waals surface area contributed by atoms with Crippen LogP contribution in [0.25, 0.3) is 5.69 Å². The predicted octanol–water partition coefficient (Wildman–Crippen LogP) is 3.15. The minimum Gasteiger partial charge on any atom is -0.367 e. The van der Waals surface area contributed by atoms with Gasteiger partial charge in [0.2, 0.25) is 0 Å². The zero-order valence-corrected chi connectivity index (χ0v) is 16.0. The summed E-state index contributed by atoms with van der Waals surface area (Å²) in [5.74, 6) is -0.552. The van der Waals surface area contributed by atoms with Crippen LogP contribution in [-0.4, -0.2) is 46.8 Å². The lowest BCUT2D eigenvalue weighted by molar-refractivity contribution is 0.0746. The van der Waals surface area contributed by atoms with Gasteiger partial charge in [-0.3, -0.25) is 4.79 Å². The minimum atomic E-state index is -0.518. The van der Waals surface area contributed by atoms with Crippen LogP contribution in [0.5, 0.6) is 0 Å². The van der Waals surface area contributed by atoms with Gasteiger partial charge in [0.25, 0.3) is 5.91 Å². The average molecular weight is 389 g/mol. The summed E-state index contributed by atoms with van der Waals surface area (Å²) in [6.45, 7) is 4.10. The highest BCUT2D eigenvalue weighted by molar-refractivity contribution is 5.94. The van der Waals surface area contributed by atoms with Gasteiger partial charge in [-0.15, -0.1) is 0 Å². The van der Waals surface area contributed by atoms with Gasteiger partial charge in [-0.25, -0.2) is 9.07 Å². The van der Waals surface area contributed by atoms with E-state index in [2.05, 4.69) is 5.10 Å². The zero-order valence-electron chi connectivity index (χ0n) is 16.0. The van der Waals surface area contributed by atoms with E-state index in [9.17, 15) is 14.4 Å². The number of nitrogens with zero attached hydrogens (tertiary/aromatic N) is 5. The summed E-state index contributed by atoms with van der Waals surface area (Å²) in [5, 5.41) is 13.5. The number of amides is 1. The molecule has 7 heteroatoms. The first-order valence-electron chi connectivity index (χ1n) is 9.42. The molecular formula is C22H20FN5O. The first-order chi connectivity index (χ1) is 14.1. The van der Waals surface area contributed by atoms with Crippen LogP contribution in [0.4, 0.5) is 10.1 Å². The second-order valence-corrected chi connectivity index (χ2v) is 6.96. The highest BCUT2D eigenvalue weighted by atomic mass is 19.1. The van der Waals surface area contributed by atoms with Gasteiger partial charge < -0.3 is 9.80 Å². The van der Waals surface area contributed by atoms with Crippen LogP contribution in [0, 0.1) is 24.1 Å². The summed E-state index contributed by atoms with van der Waals surface area (Å²) >= 11 is 0. The van der Waals surface area contributed by atoms with Gasteiger partial charge in [0, 0.05) is 43.6 Å². The maximum absolute atomic E-state index is 13.9. The molecule has 4 rings (SSSR count). The Bertz CT molecular complexity index is 1080. The van der Waals surface area contributed by atoms with Gasteiger partial charge in [-0.05, 0) is 49.4 Å². The molecule has 0 atom stereocenters. The number of carbonyl (C=O) groups excluding carboxylic acids is 1. The standard InChI is InChI=1S/C22H20FN5O/c1-16-9-10-25-28(16)18-7-5-17(6-8-18)22(29)27-13-11-26(12-14-27)21-4-2-3-20(23)19(21)15-24/h2-10H,11-14H2,1H3. The average Bonchev–Trinajstić information content (AvgIpc) is 3.19. The third-order valence-corrected chi connectivity index (χ3v) is 5.20. The number of carbonyl (C=O) groups is 1. The topological polar surface area (TPSA) is 65.2 Å². The van der Waals surface area contributed by atoms with Crippen LogP contribution in [0.3, 0.4) is 0 Å². The predicted molar refractivity (Wildman–Crippen MR) is 108 cm³/mol. The molecule has 3 aromatic rings. The van der Waals surface area contributed by atoms with E-state index in [1.807, 2.05) is 52.9 Å². The number of rotatable bonds is 3. The first kappa shape index (κ1) is 18.7. The van der Waals surface area contributed by atoms with Gasteiger partial charge >= 0.3 is 0 Å². The molecule has 6 nitrogen and oxygen atoms in total. The Morgan fingerprint density at radius 2 is 1.79 bits per heavy atom. The number of benzene rings is 2. The lowest BCUT2D eigenvalue weighted by Gasteiger charge is -2.36. The molecule has 1 aromatic heterocycles. The molecule has 1 saturated heterocycles. The second kappa shape index (κ2) is 7.76. The van der Waals surface area contributed by atoms with E-state index < -0.39 is 5.82 Å². The SMILES string of the molecule is Cc1ccnn1-c1ccc(C(=O)N2CCN(c3cccc(F)c3C#N)CC2)cc1. The number of halogens is 1. The van der Waals surface area contributed by atoms with E-state index in [0.29, 0.717) is 37.4 Å². The molecule has 0 unspecified atom stereocenters. The van der Waals surface area contributed by atoms with Crippen LogP contribution < -0.4 is 4.90 Å².